The molecule has 0 radical (unpaired) electrons. The van der Waals surface area contributed by atoms with Crippen molar-refractivity contribution in [2.45, 2.75) is 38.6 Å². The van der Waals surface area contributed by atoms with Gasteiger partial charge in [0.25, 0.3) is 0 Å². The maximum Gasteiger partial charge on any atom is 0.227 e. The molecule has 0 bridgehead atoms. The number of aromatic nitrogens is 2. The first-order chi connectivity index (χ1) is 13.1. The van der Waals surface area contributed by atoms with Crippen LogP contribution in [0.25, 0.3) is 11.4 Å². The number of amides is 1. The fourth-order valence-electron chi connectivity index (χ4n) is 2.77. The predicted molar refractivity (Wildman–Crippen MR) is 105 cm³/mol. The molecule has 1 heterocycles. The van der Waals surface area contributed by atoms with Crippen molar-refractivity contribution in [3.8, 4) is 11.4 Å². The minimum Gasteiger partial charge on any atom is -0.354 e. The van der Waals surface area contributed by atoms with Gasteiger partial charge in [0.2, 0.25) is 17.6 Å². The number of nitrogens with one attached hydrogen (secondary N) is 1. The highest BCUT2D eigenvalue weighted by molar-refractivity contribution is 6.30. The standard InChI is InChI=1S/C21H22ClN3O2/c1-15(10-11-16-6-3-2-4-7-16)23-19(26)12-13-20-24-21(25-27-20)17-8-5-9-18(22)14-17/h2-9,14-15H,10-13H2,1H3,(H,23,26)/t15-/m0/s1. The Labute approximate surface area is 163 Å². The van der Waals surface area contributed by atoms with Gasteiger partial charge < -0.3 is 9.84 Å². The lowest BCUT2D eigenvalue weighted by Gasteiger charge is -2.13. The second-order valence-corrected chi connectivity index (χ2v) is 6.95. The van der Waals surface area contributed by atoms with Gasteiger partial charge in [0.1, 0.15) is 0 Å². The highest BCUT2D eigenvalue weighted by Gasteiger charge is 2.12. The number of halogens is 1. The van der Waals surface area contributed by atoms with E-state index in [1.54, 1.807) is 12.1 Å². The summed E-state index contributed by atoms with van der Waals surface area (Å²) in [5, 5.41) is 7.59. The van der Waals surface area contributed by atoms with Crippen LogP contribution in [0.2, 0.25) is 5.02 Å². The molecule has 1 N–H and O–H groups in total. The number of hydrogen-bond donors (Lipinski definition) is 1. The Hall–Kier alpha value is -2.66. The summed E-state index contributed by atoms with van der Waals surface area (Å²) in [7, 11) is 0. The molecule has 1 aromatic heterocycles. The van der Waals surface area contributed by atoms with Crippen molar-refractivity contribution in [1.29, 1.82) is 0 Å². The Morgan fingerprint density at radius 2 is 1.96 bits per heavy atom. The van der Waals surface area contributed by atoms with E-state index in [1.165, 1.54) is 5.56 Å². The molecule has 0 unspecified atom stereocenters. The SMILES string of the molecule is C[C@@H](CCc1ccccc1)NC(=O)CCc1nc(-c2cccc(Cl)c2)no1. The molecule has 3 aromatic rings. The zero-order valence-corrected chi connectivity index (χ0v) is 15.9. The van der Waals surface area contributed by atoms with Crippen molar-refractivity contribution >= 4 is 17.5 Å². The van der Waals surface area contributed by atoms with Gasteiger partial charge in [-0.15, -0.1) is 0 Å². The minimum absolute atomic E-state index is 0.0157. The highest BCUT2D eigenvalue weighted by Crippen LogP contribution is 2.20. The molecule has 0 aliphatic rings. The molecule has 0 saturated heterocycles. The third kappa shape index (κ3) is 5.93. The van der Waals surface area contributed by atoms with Crippen LogP contribution in [0.4, 0.5) is 0 Å². The molecule has 1 atom stereocenters. The Bertz CT molecular complexity index is 880. The van der Waals surface area contributed by atoms with Crippen LogP contribution in [-0.2, 0) is 17.6 Å². The zero-order valence-electron chi connectivity index (χ0n) is 15.2. The summed E-state index contributed by atoms with van der Waals surface area (Å²) < 4.78 is 5.24. The summed E-state index contributed by atoms with van der Waals surface area (Å²) in [6, 6.07) is 17.6. The number of carbonyl (C=O) groups is 1. The molecule has 0 saturated carbocycles. The second kappa shape index (κ2) is 9.33. The van der Waals surface area contributed by atoms with Crippen molar-refractivity contribution in [2.75, 3.05) is 0 Å². The molecule has 6 heteroatoms. The van der Waals surface area contributed by atoms with Gasteiger partial charge in [-0.3, -0.25) is 4.79 Å². The summed E-state index contributed by atoms with van der Waals surface area (Å²) in [5.41, 5.74) is 2.06. The smallest absolute Gasteiger partial charge is 0.227 e. The van der Waals surface area contributed by atoms with E-state index < -0.39 is 0 Å². The van der Waals surface area contributed by atoms with Crippen LogP contribution in [0, 0.1) is 0 Å². The molecular weight excluding hydrogens is 362 g/mol. The van der Waals surface area contributed by atoms with Gasteiger partial charge in [-0.2, -0.15) is 4.98 Å². The van der Waals surface area contributed by atoms with Gasteiger partial charge in [-0.1, -0.05) is 59.2 Å². The van der Waals surface area contributed by atoms with Gasteiger partial charge in [-0.25, -0.2) is 0 Å². The molecule has 0 aliphatic heterocycles. The van der Waals surface area contributed by atoms with Crippen LogP contribution in [0.15, 0.2) is 59.1 Å². The third-order valence-corrected chi connectivity index (χ3v) is 4.47. The minimum atomic E-state index is -0.0157. The maximum absolute atomic E-state index is 12.1. The first kappa shape index (κ1) is 19.1. The zero-order chi connectivity index (χ0) is 19.1. The van der Waals surface area contributed by atoms with E-state index in [-0.39, 0.29) is 11.9 Å². The summed E-state index contributed by atoms with van der Waals surface area (Å²) in [6.45, 7) is 2.02. The molecule has 0 fully saturated rings. The quantitative estimate of drug-likeness (QED) is 0.623. The maximum atomic E-state index is 12.1. The molecule has 3 rings (SSSR count). The Morgan fingerprint density at radius 3 is 2.74 bits per heavy atom. The van der Waals surface area contributed by atoms with E-state index in [1.807, 2.05) is 37.3 Å². The van der Waals surface area contributed by atoms with Gasteiger partial charge in [0.15, 0.2) is 0 Å². The van der Waals surface area contributed by atoms with E-state index in [4.69, 9.17) is 16.1 Å². The van der Waals surface area contributed by atoms with E-state index in [2.05, 4.69) is 27.6 Å². The predicted octanol–water partition coefficient (Wildman–Crippen LogP) is 4.46. The third-order valence-electron chi connectivity index (χ3n) is 4.23. The lowest BCUT2D eigenvalue weighted by molar-refractivity contribution is -0.121. The molecule has 27 heavy (non-hydrogen) atoms. The average Bonchev–Trinajstić information content (AvgIpc) is 3.15. The number of hydrogen-bond acceptors (Lipinski definition) is 4. The molecule has 1 amide bonds. The van der Waals surface area contributed by atoms with Gasteiger partial charge in [0, 0.05) is 29.5 Å². The van der Waals surface area contributed by atoms with E-state index >= 15 is 0 Å². The summed E-state index contributed by atoms with van der Waals surface area (Å²) in [6.07, 6.45) is 2.56. The van der Waals surface area contributed by atoms with E-state index in [0.717, 1.165) is 18.4 Å². The second-order valence-electron chi connectivity index (χ2n) is 6.51. The van der Waals surface area contributed by atoms with Crippen LogP contribution < -0.4 is 5.32 Å². The molecule has 2 aromatic carbocycles. The van der Waals surface area contributed by atoms with Gasteiger partial charge >= 0.3 is 0 Å². The van der Waals surface area contributed by atoms with Gasteiger partial charge in [0.05, 0.1) is 0 Å². The molecule has 5 nitrogen and oxygen atoms in total. The summed E-state index contributed by atoms with van der Waals surface area (Å²) >= 11 is 5.98. The monoisotopic (exact) mass is 383 g/mol. The number of rotatable bonds is 8. The van der Waals surface area contributed by atoms with Crippen molar-refractivity contribution in [2.24, 2.45) is 0 Å². The summed E-state index contributed by atoms with van der Waals surface area (Å²) in [5.74, 6) is 0.902. The lowest BCUT2D eigenvalue weighted by atomic mass is 10.1. The fraction of sp³-hybridized carbons (Fsp3) is 0.286. The lowest BCUT2D eigenvalue weighted by Crippen LogP contribution is -2.33. The number of nitrogens with zero attached hydrogens (tertiary/aromatic N) is 2. The van der Waals surface area contributed by atoms with Crippen LogP contribution >= 0.6 is 11.6 Å². The van der Waals surface area contributed by atoms with Crippen LogP contribution in [0.1, 0.15) is 31.2 Å². The summed E-state index contributed by atoms with van der Waals surface area (Å²) in [4.78, 5) is 16.5. The molecule has 0 aliphatic carbocycles. The van der Waals surface area contributed by atoms with Gasteiger partial charge in [-0.05, 0) is 37.5 Å². The average molecular weight is 384 g/mol. The van der Waals surface area contributed by atoms with E-state index in [0.29, 0.717) is 29.6 Å². The Morgan fingerprint density at radius 1 is 1.15 bits per heavy atom. The largest absolute Gasteiger partial charge is 0.354 e. The van der Waals surface area contributed by atoms with Crippen molar-refractivity contribution < 1.29 is 9.32 Å². The Balaban J connectivity index is 1.44. The molecule has 140 valence electrons. The molecular formula is C21H22ClN3O2. The van der Waals surface area contributed by atoms with Crippen LogP contribution in [-0.4, -0.2) is 22.1 Å². The topological polar surface area (TPSA) is 68.0 Å². The van der Waals surface area contributed by atoms with Crippen molar-refractivity contribution in [1.82, 2.24) is 15.5 Å². The van der Waals surface area contributed by atoms with Crippen LogP contribution in [0.3, 0.4) is 0 Å². The highest BCUT2D eigenvalue weighted by atomic mass is 35.5. The first-order valence-corrected chi connectivity index (χ1v) is 9.40. The normalized spacial score (nSPS) is 11.9. The molecule has 0 spiro atoms. The van der Waals surface area contributed by atoms with Crippen molar-refractivity contribution in [3.05, 3.63) is 71.1 Å². The number of carbonyl (C=O) groups excluding carboxylic acids is 1. The number of aryl methyl sites for hydroxylation is 2. The Kier molecular flexibility index (Phi) is 6.60. The van der Waals surface area contributed by atoms with Crippen molar-refractivity contribution in [3.63, 3.8) is 0 Å². The first-order valence-electron chi connectivity index (χ1n) is 9.02. The number of benzene rings is 2. The van der Waals surface area contributed by atoms with E-state index in [9.17, 15) is 4.79 Å². The fourth-order valence-corrected chi connectivity index (χ4v) is 2.96. The van der Waals surface area contributed by atoms with Crippen LogP contribution in [0.5, 0.6) is 0 Å².